The first-order valence-corrected chi connectivity index (χ1v) is 8.84. The minimum absolute atomic E-state index is 0.0214. The SMILES string of the molecule is COc1cc(OCc2ccc(Oc3ccc(C#N)c(C(F)(F)F)c3)c(C#N)c2)[nH]c(=O)n1. The van der Waals surface area contributed by atoms with Gasteiger partial charge in [0.05, 0.1) is 35.9 Å². The highest BCUT2D eigenvalue weighted by Gasteiger charge is 2.34. The van der Waals surface area contributed by atoms with Gasteiger partial charge in [-0.1, -0.05) is 6.07 Å². The molecule has 2 aromatic carbocycles. The van der Waals surface area contributed by atoms with Gasteiger partial charge >= 0.3 is 11.9 Å². The van der Waals surface area contributed by atoms with E-state index in [1.54, 1.807) is 6.07 Å². The number of nitriles is 2. The molecule has 0 aliphatic heterocycles. The van der Waals surface area contributed by atoms with E-state index in [9.17, 15) is 23.2 Å². The first-order valence-electron chi connectivity index (χ1n) is 8.84. The van der Waals surface area contributed by atoms with Crippen LogP contribution in [0.15, 0.2) is 47.3 Å². The standard InChI is InChI=1S/C21H13F3N4O4/c1-30-18-8-19(28-20(29)27-18)31-11-12-2-5-17(14(6-12)10-26)32-15-4-3-13(9-25)16(7-15)21(22,23)24/h2-8H,11H2,1H3,(H,27,28,29). The molecule has 0 fully saturated rings. The van der Waals surface area contributed by atoms with Crippen LogP contribution in [-0.4, -0.2) is 17.1 Å². The molecule has 1 heterocycles. The van der Waals surface area contributed by atoms with Crippen LogP contribution in [0.1, 0.15) is 22.3 Å². The number of hydrogen-bond donors (Lipinski definition) is 1. The third kappa shape index (κ3) is 5.15. The molecule has 0 bridgehead atoms. The van der Waals surface area contributed by atoms with E-state index in [1.165, 1.54) is 37.4 Å². The fourth-order valence-electron chi connectivity index (χ4n) is 2.65. The number of alkyl halides is 3. The number of benzene rings is 2. The van der Waals surface area contributed by atoms with Crippen molar-refractivity contribution < 1.29 is 27.4 Å². The van der Waals surface area contributed by atoms with Gasteiger partial charge in [-0.05, 0) is 35.9 Å². The zero-order valence-corrected chi connectivity index (χ0v) is 16.4. The minimum atomic E-state index is -4.74. The lowest BCUT2D eigenvalue weighted by Crippen LogP contribution is -2.12. The summed E-state index contributed by atoms with van der Waals surface area (Å²) in [5, 5.41) is 18.3. The maximum atomic E-state index is 13.1. The van der Waals surface area contributed by atoms with Crippen LogP contribution < -0.4 is 19.9 Å². The van der Waals surface area contributed by atoms with Crippen molar-refractivity contribution in [1.29, 1.82) is 10.5 Å². The Kier molecular flexibility index (Phi) is 6.31. The topological polar surface area (TPSA) is 121 Å². The molecule has 11 heteroatoms. The van der Waals surface area contributed by atoms with Crippen LogP contribution in [0.5, 0.6) is 23.3 Å². The fraction of sp³-hybridized carbons (Fsp3) is 0.143. The summed E-state index contributed by atoms with van der Waals surface area (Å²) in [5.74, 6) is -0.00449. The second-order valence-corrected chi connectivity index (χ2v) is 6.24. The van der Waals surface area contributed by atoms with E-state index in [1.807, 2.05) is 6.07 Å². The van der Waals surface area contributed by atoms with Crippen molar-refractivity contribution in [2.45, 2.75) is 12.8 Å². The summed E-state index contributed by atoms with van der Waals surface area (Å²) in [7, 11) is 1.34. The fourth-order valence-corrected chi connectivity index (χ4v) is 2.65. The van der Waals surface area contributed by atoms with Gasteiger partial charge in [-0.25, -0.2) is 4.79 Å². The lowest BCUT2D eigenvalue weighted by Gasteiger charge is -2.13. The number of nitrogens with one attached hydrogen (secondary N) is 1. The lowest BCUT2D eigenvalue weighted by atomic mass is 10.1. The van der Waals surface area contributed by atoms with E-state index in [4.69, 9.17) is 19.5 Å². The number of hydrogen-bond acceptors (Lipinski definition) is 7. The first-order chi connectivity index (χ1) is 15.2. The summed E-state index contributed by atoms with van der Waals surface area (Å²) in [6.07, 6.45) is -4.74. The number of aromatic nitrogens is 2. The van der Waals surface area contributed by atoms with Gasteiger partial charge in [0.2, 0.25) is 11.8 Å². The maximum absolute atomic E-state index is 13.1. The smallest absolute Gasteiger partial charge is 0.417 e. The second kappa shape index (κ2) is 9.10. The summed E-state index contributed by atoms with van der Waals surface area (Å²) in [4.78, 5) is 17.4. The Morgan fingerprint density at radius 3 is 2.47 bits per heavy atom. The van der Waals surface area contributed by atoms with Gasteiger partial charge < -0.3 is 14.2 Å². The van der Waals surface area contributed by atoms with Crippen LogP contribution >= 0.6 is 0 Å². The quantitative estimate of drug-likeness (QED) is 0.614. The Morgan fingerprint density at radius 1 is 1.06 bits per heavy atom. The Balaban J connectivity index is 1.81. The highest BCUT2D eigenvalue weighted by molar-refractivity contribution is 5.50. The van der Waals surface area contributed by atoms with Crippen LogP contribution in [0, 0.1) is 22.7 Å². The van der Waals surface area contributed by atoms with Crippen LogP contribution in [0.3, 0.4) is 0 Å². The van der Waals surface area contributed by atoms with Crippen molar-refractivity contribution in [3.8, 4) is 35.4 Å². The molecule has 32 heavy (non-hydrogen) atoms. The third-order valence-corrected chi connectivity index (χ3v) is 4.11. The number of nitrogens with zero attached hydrogens (tertiary/aromatic N) is 3. The van der Waals surface area contributed by atoms with Crippen molar-refractivity contribution >= 4 is 0 Å². The molecule has 8 nitrogen and oxygen atoms in total. The molecule has 0 unspecified atom stereocenters. The average Bonchev–Trinajstić information content (AvgIpc) is 2.77. The maximum Gasteiger partial charge on any atom is 0.417 e. The molecule has 0 amide bonds. The number of aromatic amines is 1. The van der Waals surface area contributed by atoms with Crippen molar-refractivity contribution in [2.24, 2.45) is 0 Å². The van der Waals surface area contributed by atoms with Crippen molar-refractivity contribution in [3.63, 3.8) is 0 Å². The first kappa shape index (κ1) is 22.2. The van der Waals surface area contributed by atoms with Crippen LogP contribution in [0.2, 0.25) is 0 Å². The van der Waals surface area contributed by atoms with E-state index >= 15 is 0 Å². The second-order valence-electron chi connectivity index (χ2n) is 6.24. The summed E-state index contributed by atoms with van der Waals surface area (Å²) in [6, 6.07) is 12.0. The minimum Gasteiger partial charge on any atom is -0.481 e. The molecule has 1 N–H and O–H groups in total. The van der Waals surface area contributed by atoms with Crippen molar-refractivity contribution in [1.82, 2.24) is 9.97 Å². The monoisotopic (exact) mass is 442 g/mol. The van der Waals surface area contributed by atoms with Gasteiger partial charge in [0.15, 0.2) is 0 Å². The van der Waals surface area contributed by atoms with E-state index in [-0.39, 0.29) is 35.4 Å². The molecule has 162 valence electrons. The summed E-state index contributed by atoms with van der Waals surface area (Å²) < 4.78 is 55.2. The molecule has 0 radical (unpaired) electrons. The van der Waals surface area contributed by atoms with Crippen molar-refractivity contribution in [2.75, 3.05) is 7.11 Å². The normalized spacial score (nSPS) is 10.7. The number of rotatable bonds is 6. The summed E-state index contributed by atoms with van der Waals surface area (Å²) in [6.45, 7) is -0.0346. The molecule has 0 aliphatic rings. The highest BCUT2D eigenvalue weighted by atomic mass is 19.4. The number of methoxy groups -OCH3 is 1. The van der Waals surface area contributed by atoms with Crippen LogP contribution in [0.25, 0.3) is 0 Å². The van der Waals surface area contributed by atoms with Crippen LogP contribution in [0.4, 0.5) is 13.2 Å². The molecule has 1 aromatic heterocycles. The number of halogens is 3. The Morgan fingerprint density at radius 2 is 1.81 bits per heavy atom. The van der Waals surface area contributed by atoms with E-state index in [2.05, 4.69) is 9.97 Å². The zero-order valence-electron chi connectivity index (χ0n) is 16.4. The molecule has 0 saturated carbocycles. The van der Waals surface area contributed by atoms with Gasteiger partial charge in [0.25, 0.3) is 0 Å². The van der Waals surface area contributed by atoms with E-state index in [0.717, 1.165) is 6.07 Å². The predicted molar refractivity (Wildman–Crippen MR) is 103 cm³/mol. The number of H-pyrrole nitrogens is 1. The summed E-state index contributed by atoms with van der Waals surface area (Å²) >= 11 is 0. The lowest BCUT2D eigenvalue weighted by molar-refractivity contribution is -0.137. The Hall–Kier alpha value is -4.51. The Labute approximate surface area is 179 Å². The molecule has 0 atom stereocenters. The molecular formula is C21H13F3N4O4. The molecule has 3 rings (SSSR count). The zero-order chi connectivity index (χ0) is 23.3. The summed E-state index contributed by atoms with van der Waals surface area (Å²) in [5.41, 5.74) is -1.76. The highest BCUT2D eigenvalue weighted by Crippen LogP contribution is 2.36. The molecule has 0 spiro atoms. The van der Waals surface area contributed by atoms with Gasteiger partial charge in [-0.3, -0.25) is 4.98 Å². The van der Waals surface area contributed by atoms with E-state index < -0.39 is 23.0 Å². The van der Waals surface area contributed by atoms with Gasteiger partial charge in [-0.2, -0.15) is 28.7 Å². The number of ether oxygens (including phenoxy) is 3. The van der Waals surface area contributed by atoms with Gasteiger partial charge in [0.1, 0.15) is 24.2 Å². The van der Waals surface area contributed by atoms with Crippen LogP contribution in [-0.2, 0) is 12.8 Å². The third-order valence-electron chi connectivity index (χ3n) is 4.11. The average molecular weight is 442 g/mol. The van der Waals surface area contributed by atoms with E-state index in [0.29, 0.717) is 11.6 Å². The van der Waals surface area contributed by atoms with Gasteiger partial charge in [-0.15, -0.1) is 0 Å². The predicted octanol–water partition coefficient (Wildman–Crippen LogP) is 3.91. The van der Waals surface area contributed by atoms with Crippen molar-refractivity contribution in [3.05, 3.63) is 75.2 Å². The molecule has 0 aliphatic carbocycles. The largest absolute Gasteiger partial charge is 0.481 e. The molecule has 3 aromatic rings. The Bertz CT molecular complexity index is 1290. The van der Waals surface area contributed by atoms with Gasteiger partial charge in [0, 0.05) is 0 Å². The molecule has 0 saturated heterocycles. The molecular weight excluding hydrogens is 429 g/mol.